The van der Waals surface area contributed by atoms with Crippen LogP contribution in [0.4, 0.5) is 0 Å². The first kappa shape index (κ1) is 15.5. The molecular formula is C11H12ClNO5S. The van der Waals surface area contributed by atoms with Crippen molar-refractivity contribution in [3.63, 3.8) is 0 Å². The van der Waals surface area contributed by atoms with Crippen molar-refractivity contribution in [1.82, 2.24) is 4.72 Å². The van der Waals surface area contributed by atoms with Crippen molar-refractivity contribution in [2.24, 2.45) is 0 Å². The van der Waals surface area contributed by atoms with Crippen molar-refractivity contribution in [3.8, 4) is 5.75 Å². The predicted molar refractivity (Wildman–Crippen MR) is 70.1 cm³/mol. The van der Waals surface area contributed by atoms with Gasteiger partial charge in [0.25, 0.3) is 0 Å². The molecular weight excluding hydrogens is 294 g/mol. The Morgan fingerprint density at radius 2 is 2.16 bits per heavy atom. The number of carbonyl (C=O) groups is 1. The summed E-state index contributed by atoms with van der Waals surface area (Å²) >= 11 is 5.48. The molecule has 0 bridgehead atoms. The van der Waals surface area contributed by atoms with Gasteiger partial charge in [0.2, 0.25) is 10.0 Å². The molecule has 0 aromatic heterocycles. The summed E-state index contributed by atoms with van der Waals surface area (Å²) in [6, 6.07) is 3.46. The Morgan fingerprint density at radius 3 is 2.63 bits per heavy atom. The first-order valence-corrected chi connectivity index (χ1v) is 6.88. The number of halogens is 1. The van der Waals surface area contributed by atoms with Gasteiger partial charge in [-0.2, -0.15) is 0 Å². The van der Waals surface area contributed by atoms with Gasteiger partial charge in [-0.15, -0.1) is 0 Å². The molecule has 0 fully saturated rings. The van der Waals surface area contributed by atoms with E-state index in [0.717, 1.165) is 12.1 Å². The van der Waals surface area contributed by atoms with Crippen molar-refractivity contribution < 1.29 is 23.1 Å². The maximum absolute atomic E-state index is 12.0. The largest absolute Gasteiger partial charge is 0.495 e. The molecule has 8 heteroatoms. The highest BCUT2D eigenvalue weighted by Crippen LogP contribution is 2.25. The van der Waals surface area contributed by atoms with Crippen LogP contribution in [0.25, 0.3) is 0 Å². The number of hydrogen-bond acceptors (Lipinski definition) is 4. The number of carboxylic acid groups (broad SMARTS) is 1. The van der Waals surface area contributed by atoms with Gasteiger partial charge in [-0.1, -0.05) is 18.2 Å². The summed E-state index contributed by atoms with van der Waals surface area (Å²) in [5.74, 6) is -1.24. The lowest BCUT2D eigenvalue weighted by atomic mass is 10.2. The highest BCUT2D eigenvalue weighted by molar-refractivity contribution is 7.89. The maximum atomic E-state index is 12.0. The zero-order chi connectivity index (χ0) is 14.6. The topological polar surface area (TPSA) is 92.7 Å². The van der Waals surface area contributed by atoms with E-state index in [-0.39, 0.29) is 27.8 Å². The molecule has 0 aliphatic rings. The van der Waals surface area contributed by atoms with Gasteiger partial charge >= 0.3 is 5.97 Å². The standard InChI is InChI=1S/C11H12ClNO5S/c1-7(12)6-13-19(16,17)10-4-3-8(11(14)15)5-9(10)18-2/h3-5,13H,1,6H2,2H3,(H,14,15). The number of methoxy groups -OCH3 is 1. The van der Waals surface area contributed by atoms with E-state index in [9.17, 15) is 13.2 Å². The van der Waals surface area contributed by atoms with E-state index in [1.165, 1.54) is 13.2 Å². The lowest BCUT2D eigenvalue weighted by molar-refractivity contribution is 0.0696. The van der Waals surface area contributed by atoms with E-state index >= 15 is 0 Å². The minimum atomic E-state index is -3.85. The first-order chi connectivity index (χ1) is 8.77. The average molecular weight is 306 g/mol. The Labute approximate surface area is 115 Å². The second kappa shape index (κ2) is 6.05. The van der Waals surface area contributed by atoms with E-state index in [0.29, 0.717) is 0 Å². The van der Waals surface area contributed by atoms with Crippen LogP contribution in [0.2, 0.25) is 0 Å². The second-order valence-electron chi connectivity index (χ2n) is 3.51. The number of nitrogens with one attached hydrogen (secondary N) is 1. The minimum Gasteiger partial charge on any atom is -0.495 e. The fourth-order valence-corrected chi connectivity index (χ4v) is 2.59. The van der Waals surface area contributed by atoms with Crippen LogP contribution < -0.4 is 9.46 Å². The third-order valence-electron chi connectivity index (χ3n) is 2.15. The van der Waals surface area contributed by atoms with Crippen LogP contribution in [0, 0.1) is 0 Å². The molecule has 0 aliphatic heterocycles. The molecule has 1 rings (SSSR count). The van der Waals surface area contributed by atoms with Crippen LogP contribution in [0.15, 0.2) is 34.7 Å². The third-order valence-corrected chi connectivity index (χ3v) is 3.73. The molecule has 6 nitrogen and oxygen atoms in total. The number of ether oxygens (including phenoxy) is 1. The summed E-state index contributed by atoms with van der Waals surface area (Å²) in [7, 11) is -2.60. The van der Waals surface area contributed by atoms with Gasteiger partial charge in [0.05, 0.1) is 12.7 Å². The molecule has 104 valence electrons. The van der Waals surface area contributed by atoms with Gasteiger partial charge in [0, 0.05) is 11.6 Å². The monoisotopic (exact) mass is 305 g/mol. The quantitative estimate of drug-likeness (QED) is 0.829. The molecule has 0 amide bonds. The van der Waals surface area contributed by atoms with E-state index in [2.05, 4.69) is 11.3 Å². The third kappa shape index (κ3) is 3.95. The fourth-order valence-electron chi connectivity index (χ4n) is 1.27. The Kier molecular flexibility index (Phi) is 4.93. The number of benzene rings is 1. The average Bonchev–Trinajstić information content (AvgIpc) is 2.35. The number of carboxylic acids is 1. The maximum Gasteiger partial charge on any atom is 0.335 e. The van der Waals surface area contributed by atoms with E-state index in [4.69, 9.17) is 21.4 Å². The van der Waals surface area contributed by atoms with Crippen LogP contribution >= 0.6 is 11.6 Å². The minimum absolute atomic E-state index is 0.0624. The van der Waals surface area contributed by atoms with Crippen molar-refractivity contribution >= 4 is 27.6 Å². The summed E-state index contributed by atoms with van der Waals surface area (Å²) in [6.07, 6.45) is 0. The summed E-state index contributed by atoms with van der Waals surface area (Å²) < 4.78 is 31.0. The normalized spacial score (nSPS) is 11.1. The molecule has 0 aliphatic carbocycles. The number of rotatable bonds is 6. The van der Waals surface area contributed by atoms with Gasteiger partial charge in [0.15, 0.2) is 0 Å². The van der Waals surface area contributed by atoms with Crippen molar-refractivity contribution in [3.05, 3.63) is 35.4 Å². The summed E-state index contributed by atoms with van der Waals surface area (Å²) in [5, 5.41) is 8.95. The van der Waals surface area contributed by atoms with Crippen LogP contribution in [-0.2, 0) is 10.0 Å². The van der Waals surface area contributed by atoms with E-state index in [1.54, 1.807) is 0 Å². The summed E-state index contributed by atoms with van der Waals surface area (Å²) in [4.78, 5) is 10.6. The molecule has 0 unspecified atom stereocenters. The number of hydrogen-bond donors (Lipinski definition) is 2. The van der Waals surface area contributed by atoms with Gasteiger partial charge < -0.3 is 9.84 Å². The second-order valence-corrected chi connectivity index (χ2v) is 5.78. The van der Waals surface area contributed by atoms with Crippen molar-refractivity contribution in [1.29, 1.82) is 0 Å². The number of aromatic carboxylic acids is 1. The van der Waals surface area contributed by atoms with Gasteiger partial charge in [-0.05, 0) is 18.2 Å². The molecule has 0 atom stereocenters. The van der Waals surface area contributed by atoms with Crippen LogP contribution in [-0.4, -0.2) is 33.1 Å². The van der Waals surface area contributed by atoms with Crippen LogP contribution in [0.3, 0.4) is 0 Å². The van der Waals surface area contributed by atoms with Crippen LogP contribution in [0.1, 0.15) is 10.4 Å². The Hall–Kier alpha value is -1.57. The van der Waals surface area contributed by atoms with Crippen LogP contribution in [0.5, 0.6) is 5.75 Å². The lowest BCUT2D eigenvalue weighted by Crippen LogP contribution is -2.25. The molecule has 19 heavy (non-hydrogen) atoms. The predicted octanol–water partition coefficient (Wildman–Crippen LogP) is 1.42. The zero-order valence-electron chi connectivity index (χ0n) is 10.0. The molecule has 0 heterocycles. The number of sulfonamides is 1. The smallest absolute Gasteiger partial charge is 0.335 e. The molecule has 1 aromatic rings. The highest BCUT2D eigenvalue weighted by atomic mass is 35.5. The van der Waals surface area contributed by atoms with Gasteiger partial charge in [-0.3, -0.25) is 0 Å². The fraction of sp³-hybridized carbons (Fsp3) is 0.182. The van der Waals surface area contributed by atoms with E-state index in [1.807, 2.05) is 0 Å². The SMILES string of the molecule is C=C(Cl)CNS(=O)(=O)c1ccc(C(=O)O)cc1OC. The van der Waals surface area contributed by atoms with E-state index < -0.39 is 16.0 Å². The molecule has 0 spiro atoms. The molecule has 2 N–H and O–H groups in total. The molecule has 1 aromatic carbocycles. The molecule has 0 saturated carbocycles. The summed E-state index contributed by atoms with van der Waals surface area (Å²) in [6.45, 7) is 3.23. The summed E-state index contributed by atoms with van der Waals surface area (Å²) in [5.41, 5.74) is -0.0717. The zero-order valence-corrected chi connectivity index (χ0v) is 11.6. The lowest BCUT2D eigenvalue weighted by Gasteiger charge is -2.11. The van der Waals surface area contributed by atoms with Crippen molar-refractivity contribution in [2.75, 3.05) is 13.7 Å². The van der Waals surface area contributed by atoms with Gasteiger partial charge in [-0.25, -0.2) is 17.9 Å². The van der Waals surface area contributed by atoms with Gasteiger partial charge in [0.1, 0.15) is 10.6 Å². The van der Waals surface area contributed by atoms with Crippen molar-refractivity contribution in [2.45, 2.75) is 4.90 Å². The Bertz CT molecular complexity index is 612. The Balaban J connectivity index is 3.19. The molecule has 0 radical (unpaired) electrons. The first-order valence-electron chi connectivity index (χ1n) is 5.02. The molecule has 0 saturated heterocycles. The Morgan fingerprint density at radius 1 is 1.53 bits per heavy atom. The highest BCUT2D eigenvalue weighted by Gasteiger charge is 2.20.